The fourth-order valence-electron chi connectivity index (χ4n) is 0.744. The predicted molar refractivity (Wildman–Crippen MR) is 48.1 cm³/mol. The van der Waals surface area contributed by atoms with Crippen LogP contribution in [0.15, 0.2) is 0 Å². The molecule has 0 aromatic carbocycles. The molecule has 0 aliphatic carbocycles. The molecular formula is C6H12N2O5S. The first kappa shape index (κ1) is 12.8. The minimum absolute atomic E-state index is 0.529. The largest absolute Gasteiger partial charge is 0.480 e. The highest BCUT2D eigenvalue weighted by molar-refractivity contribution is 7.90. The first-order valence-corrected chi connectivity index (χ1v) is 5.37. The van der Waals surface area contributed by atoms with Gasteiger partial charge in [-0.1, -0.05) is 0 Å². The molecule has 82 valence electrons. The molecule has 0 spiro atoms. The van der Waals surface area contributed by atoms with E-state index < -0.39 is 33.7 Å². The lowest BCUT2D eigenvalue weighted by molar-refractivity contribution is -0.134. The average Bonchev–Trinajstić information content (AvgIpc) is 1.99. The number of carboxylic acids is 1. The summed E-state index contributed by atoms with van der Waals surface area (Å²) in [6, 6.07) is -0.982. The molecule has 0 saturated heterocycles. The van der Waals surface area contributed by atoms with Gasteiger partial charge < -0.3 is 10.4 Å². The van der Waals surface area contributed by atoms with Crippen molar-refractivity contribution in [2.45, 2.75) is 13.0 Å². The Morgan fingerprint density at radius 2 is 1.93 bits per heavy atom. The van der Waals surface area contributed by atoms with Crippen molar-refractivity contribution >= 4 is 21.9 Å². The number of carbonyl (C=O) groups excluding carboxylic acids is 1. The van der Waals surface area contributed by atoms with Gasteiger partial charge in [0.2, 0.25) is 15.9 Å². The van der Waals surface area contributed by atoms with Crippen molar-refractivity contribution in [2.75, 3.05) is 12.8 Å². The fourth-order valence-corrected chi connectivity index (χ4v) is 1.80. The summed E-state index contributed by atoms with van der Waals surface area (Å²) in [5, 5.41) is 10.5. The summed E-state index contributed by atoms with van der Waals surface area (Å²) in [6.07, 6.45) is 0. The number of sulfonamides is 1. The lowest BCUT2D eigenvalue weighted by Crippen LogP contribution is -2.45. The van der Waals surface area contributed by atoms with Crippen LogP contribution in [-0.2, 0) is 19.6 Å². The van der Waals surface area contributed by atoms with Crippen LogP contribution in [-0.4, -0.2) is 44.2 Å². The maximum atomic E-state index is 11.0. The van der Waals surface area contributed by atoms with Gasteiger partial charge >= 0.3 is 5.97 Å². The number of hydrogen-bond acceptors (Lipinski definition) is 4. The molecule has 0 aromatic heterocycles. The van der Waals surface area contributed by atoms with Crippen LogP contribution in [0.4, 0.5) is 0 Å². The fraction of sp³-hybridized carbons (Fsp3) is 0.667. The van der Waals surface area contributed by atoms with Crippen molar-refractivity contribution < 1.29 is 23.1 Å². The molecule has 1 amide bonds. The van der Waals surface area contributed by atoms with E-state index in [2.05, 4.69) is 5.32 Å². The third-order valence-electron chi connectivity index (χ3n) is 1.31. The number of hydrogen-bond donors (Lipinski definition) is 3. The standard InChI is InChI=1S/C6H12N2O5S/c1-4(6(11)7-2)8-14(12,13)3-5(9)10/h4,8H,3H2,1-2H3,(H,7,11)(H,9,10). The summed E-state index contributed by atoms with van der Waals surface area (Å²) in [4.78, 5) is 21.0. The van der Waals surface area contributed by atoms with Gasteiger partial charge in [0.25, 0.3) is 0 Å². The molecule has 14 heavy (non-hydrogen) atoms. The summed E-state index contributed by atoms with van der Waals surface area (Å²) in [5.41, 5.74) is 0. The molecule has 0 radical (unpaired) electrons. The first-order chi connectivity index (χ1) is 6.28. The Balaban J connectivity index is 4.37. The molecule has 8 heteroatoms. The van der Waals surface area contributed by atoms with Gasteiger partial charge in [0.05, 0.1) is 6.04 Å². The van der Waals surface area contributed by atoms with Crippen molar-refractivity contribution in [3.63, 3.8) is 0 Å². The molecule has 0 aliphatic rings. The van der Waals surface area contributed by atoms with Crippen LogP contribution in [0, 0.1) is 0 Å². The maximum absolute atomic E-state index is 11.0. The number of carboxylic acid groups (broad SMARTS) is 1. The van der Waals surface area contributed by atoms with Gasteiger partial charge in [0, 0.05) is 7.05 Å². The zero-order valence-electron chi connectivity index (χ0n) is 7.77. The van der Waals surface area contributed by atoms with Crippen LogP contribution in [0.2, 0.25) is 0 Å². The minimum atomic E-state index is -3.95. The molecule has 0 fully saturated rings. The van der Waals surface area contributed by atoms with Gasteiger partial charge in [-0.05, 0) is 6.92 Å². The van der Waals surface area contributed by atoms with E-state index in [1.807, 2.05) is 4.72 Å². The number of rotatable bonds is 5. The molecule has 0 rings (SSSR count). The Morgan fingerprint density at radius 3 is 2.29 bits per heavy atom. The lowest BCUT2D eigenvalue weighted by atomic mass is 10.3. The van der Waals surface area contributed by atoms with E-state index >= 15 is 0 Å². The van der Waals surface area contributed by atoms with E-state index in [-0.39, 0.29) is 0 Å². The molecule has 7 nitrogen and oxygen atoms in total. The zero-order valence-corrected chi connectivity index (χ0v) is 8.59. The average molecular weight is 224 g/mol. The van der Waals surface area contributed by atoms with Gasteiger partial charge in [0.1, 0.15) is 0 Å². The van der Waals surface area contributed by atoms with E-state index in [9.17, 15) is 18.0 Å². The minimum Gasteiger partial charge on any atom is -0.480 e. The lowest BCUT2D eigenvalue weighted by Gasteiger charge is -2.11. The van der Waals surface area contributed by atoms with Crippen molar-refractivity contribution in [3.8, 4) is 0 Å². The van der Waals surface area contributed by atoms with Gasteiger partial charge in [-0.2, -0.15) is 0 Å². The van der Waals surface area contributed by atoms with Crippen molar-refractivity contribution in [1.29, 1.82) is 0 Å². The molecule has 0 aromatic rings. The molecule has 0 bridgehead atoms. The Kier molecular flexibility index (Phi) is 4.51. The van der Waals surface area contributed by atoms with Gasteiger partial charge in [0.15, 0.2) is 5.75 Å². The first-order valence-electron chi connectivity index (χ1n) is 3.72. The van der Waals surface area contributed by atoms with Gasteiger partial charge in [-0.3, -0.25) is 9.59 Å². The number of carbonyl (C=O) groups is 2. The third kappa shape index (κ3) is 4.77. The number of nitrogens with one attached hydrogen (secondary N) is 2. The van der Waals surface area contributed by atoms with Crippen molar-refractivity contribution in [1.82, 2.24) is 10.0 Å². The summed E-state index contributed by atoms with van der Waals surface area (Å²) in [5.74, 6) is -3.05. The second-order valence-corrected chi connectivity index (χ2v) is 4.36. The second-order valence-electron chi connectivity index (χ2n) is 2.61. The Morgan fingerprint density at radius 1 is 1.43 bits per heavy atom. The summed E-state index contributed by atoms with van der Waals surface area (Å²) < 4.78 is 23.9. The Hall–Kier alpha value is -1.15. The van der Waals surface area contributed by atoms with E-state index in [4.69, 9.17) is 5.11 Å². The van der Waals surface area contributed by atoms with Crippen molar-refractivity contribution in [2.24, 2.45) is 0 Å². The quantitative estimate of drug-likeness (QED) is 0.506. The molecule has 0 saturated carbocycles. The SMILES string of the molecule is CNC(=O)C(C)NS(=O)(=O)CC(=O)O. The monoisotopic (exact) mass is 224 g/mol. The summed E-state index contributed by atoms with van der Waals surface area (Å²) in [6.45, 7) is 1.32. The summed E-state index contributed by atoms with van der Waals surface area (Å²) >= 11 is 0. The third-order valence-corrected chi connectivity index (χ3v) is 2.65. The van der Waals surface area contributed by atoms with E-state index in [1.54, 1.807) is 0 Å². The molecular weight excluding hydrogens is 212 g/mol. The van der Waals surface area contributed by atoms with E-state index in [0.717, 1.165) is 0 Å². The molecule has 1 atom stereocenters. The van der Waals surface area contributed by atoms with Crippen LogP contribution in [0.3, 0.4) is 0 Å². The highest BCUT2D eigenvalue weighted by atomic mass is 32.2. The number of amides is 1. The predicted octanol–water partition coefficient (Wildman–Crippen LogP) is -1.88. The van der Waals surface area contributed by atoms with Crippen LogP contribution in [0.25, 0.3) is 0 Å². The zero-order chi connectivity index (χ0) is 11.4. The summed E-state index contributed by atoms with van der Waals surface area (Å²) in [7, 11) is -2.59. The molecule has 0 aliphatic heterocycles. The van der Waals surface area contributed by atoms with Crippen LogP contribution in [0.1, 0.15) is 6.92 Å². The van der Waals surface area contributed by atoms with E-state index in [0.29, 0.717) is 0 Å². The smallest absolute Gasteiger partial charge is 0.320 e. The van der Waals surface area contributed by atoms with Gasteiger partial charge in [-0.15, -0.1) is 0 Å². The topological polar surface area (TPSA) is 113 Å². The molecule has 1 unspecified atom stereocenters. The number of likely N-dealkylation sites (N-methyl/N-ethyl adjacent to an activating group) is 1. The highest BCUT2D eigenvalue weighted by Crippen LogP contribution is 1.89. The van der Waals surface area contributed by atoms with Crippen molar-refractivity contribution in [3.05, 3.63) is 0 Å². The number of aliphatic carboxylic acids is 1. The van der Waals surface area contributed by atoms with Gasteiger partial charge in [-0.25, -0.2) is 13.1 Å². The molecule has 3 N–H and O–H groups in total. The van der Waals surface area contributed by atoms with Crippen LogP contribution < -0.4 is 10.0 Å². The van der Waals surface area contributed by atoms with Crippen LogP contribution in [0.5, 0.6) is 0 Å². The maximum Gasteiger partial charge on any atom is 0.320 e. The van der Waals surface area contributed by atoms with E-state index in [1.165, 1.54) is 14.0 Å². The second kappa shape index (κ2) is 4.91. The normalized spacial score (nSPS) is 13.3. The van der Waals surface area contributed by atoms with Crippen LogP contribution >= 0.6 is 0 Å². The highest BCUT2D eigenvalue weighted by Gasteiger charge is 2.21. The Bertz CT molecular complexity index is 323. The Labute approximate surface area is 81.5 Å². The molecule has 0 heterocycles.